The summed E-state index contributed by atoms with van der Waals surface area (Å²) in [5.74, 6) is -0.0412. The molecule has 0 spiro atoms. The van der Waals surface area contributed by atoms with Gasteiger partial charge in [0.1, 0.15) is 11.0 Å². The second-order valence-corrected chi connectivity index (χ2v) is 5.18. The number of hydrogen-bond acceptors (Lipinski definition) is 6. The zero-order chi connectivity index (χ0) is 13.7. The number of nitrogens with two attached hydrogens (primary N) is 1. The Morgan fingerprint density at radius 1 is 1.58 bits per heavy atom. The van der Waals surface area contributed by atoms with Crippen LogP contribution >= 0.6 is 11.3 Å². The largest absolute Gasteiger partial charge is 0.374 e. The second-order valence-electron chi connectivity index (χ2n) is 4.09. The molecule has 1 amide bonds. The summed E-state index contributed by atoms with van der Waals surface area (Å²) in [6.07, 6.45) is 5.01. The molecular formula is C11H16N6OS. The van der Waals surface area contributed by atoms with E-state index in [2.05, 4.69) is 20.6 Å². The summed E-state index contributed by atoms with van der Waals surface area (Å²) in [6.45, 7) is 2.41. The van der Waals surface area contributed by atoms with Crippen molar-refractivity contribution >= 4 is 22.4 Å². The maximum atomic E-state index is 11.8. The Morgan fingerprint density at radius 2 is 2.42 bits per heavy atom. The molecule has 0 saturated heterocycles. The molecule has 8 heteroatoms. The molecule has 0 saturated carbocycles. The molecule has 2 aromatic heterocycles. The fourth-order valence-corrected chi connectivity index (χ4v) is 2.25. The van der Waals surface area contributed by atoms with Crippen LogP contribution in [0.4, 0.5) is 5.13 Å². The van der Waals surface area contributed by atoms with E-state index in [4.69, 9.17) is 5.73 Å². The van der Waals surface area contributed by atoms with Gasteiger partial charge >= 0.3 is 0 Å². The van der Waals surface area contributed by atoms with Crippen LogP contribution in [0.15, 0.2) is 18.5 Å². The predicted octanol–water partition coefficient (Wildman–Crippen LogP) is 0.627. The van der Waals surface area contributed by atoms with E-state index in [1.54, 1.807) is 23.1 Å². The maximum absolute atomic E-state index is 11.8. The number of carbonyl (C=O) groups is 1. The van der Waals surface area contributed by atoms with Gasteiger partial charge in [-0.05, 0) is 19.4 Å². The van der Waals surface area contributed by atoms with Crippen LogP contribution in [0.5, 0.6) is 0 Å². The van der Waals surface area contributed by atoms with E-state index >= 15 is 0 Å². The van der Waals surface area contributed by atoms with E-state index < -0.39 is 0 Å². The minimum atomic E-state index is -0.299. The van der Waals surface area contributed by atoms with Gasteiger partial charge in [0.25, 0.3) is 0 Å². The lowest BCUT2D eigenvalue weighted by atomic mass is 10.3. The number of carbonyl (C=O) groups excluding carboxylic acids is 1. The first kappa shape index (κ1) is 13.5. The molecule has 2 aromatic rings. The van der Waals surface area contributed by atoms with Crippen molar-refractivity contribution in [3.8, 4) is 0 Å². The molecular weight excluding hydrogens is 264 g/mol. The fraction of sp³-hybridized carbons (Fsp3) is 0.455. The molecule has 102 valence electrons. The van der Waals surface area contributed by atoms with Crippen LogP contribution in [-0.4, -0.2) is 32.4 Å². The lowest BCUT2D eigenvalue weighted by molar-refractivity contribution is -0.124. The van der Waals surface area contributed by atoms with Gasteiger partial charge in [-0.1, -0.05) is 11.3 Å². The van der Waals surface area contributed by atoms with Crippen LogP contribution in [0.1, 0.15) is 24.4 Å². The molecule has 1 unspecified atom stereocenters. The van der Waals surface area contributed by atoms with Crippen molar-refractivity contribution in [1.82, 2.24) is 25.3 Å². The van der Waals surface area contributed by atoms with Crippen molar-refractivity contribution in [1.29, 1.82) is 0 Å². The van der Waals surface area contributed by atoms with Crippen molar-refractivity contribution < 1.29 is 4.79 Å². The third-order valence-electron chi connectivity index (χ3n) is 2.65. The first-order valence-corrected chi connectivity index (χ1v) is 6.83. The molecule has 0 aliphatic heterocycles. The Balaban J connectivity index is 1.69. The topological polar surface area (TPSA) is 98.7 Å². The molecule has 0 fully saturated rings. The van der Waals surface area contributed by atoms with E-state index in [-0.39, 0.29) is 11.9 Å². The number of nitrogen functional groups attached to an aromatic ring is 1. The fourth-order valence-electron chi connectivity index (χ4n) is 1.60. The highest BCUT2D eigenvalue weighted by atomic mass is 32.1. The minimum absolute atomic E-state index is 0.0412. The van der Waals surface area contributed by atoms with Crippen LogP contribution in [0, 0.1) is 0 Å². The third-order valence-corrected chi connectivity index (χ3v) is 3.46. The lowest BCUT2D eigenvalue weighted by Crippen LogP contribution is -2.32. The van der Waals surface area contributed by atoms with E-state index in [0.29, 0.717) is 11.7 Å². The highest BCUT2D eigenvalue weighted by molar-refractivity contribution is 7.15. The Hall–Kier alpha value is -1.96. The van der Waals surface area contributed by atoms with Gasteiger partial charge in [-0.2, -0.15) is 5.10 Å². The first-order chi connectivity index (χ1) is 9.16. The SMILES string of the molecule is CC(C(=O)NCCCc1nnc(N)s1)n1cccn1. The van der Waals surface area contributed by atoms with Crippen LogP contribution in [-0.2, 0) is 11.2 Å². The Bertz CT molecular complexity index is 523. The summed E-state index contributed by atoms with van der Waals surface area (Å²) >= 11 is 1.38. The molecule has 3 N–H and O–H groups in total. The standard InChI is InChI=1S/C11H16N6OS/c1-8(17-7-3-6-14-17)10(18)13-5-2-4-9-15-16-11(12)19-9/h3,6-8H,2,4-5H2,1H3,(H2,12,16)(H,13,18). The average molecular weight is 280 g/mol. The smallest absolute Gasteiger partial charge is 0.244 e. The highest BCUT2D eigenvalue weighted by Crippen LogP contribution is 2.12. The van der Waals surface area contributed by atoms with Crippen molar-refractivity contribution in [2.45, 2.75) is 25.8 Å². The molecule has 7 nitrogen and oxygen atoms in total. The predicted molar refractivity (Wildman–Crippen MR) is 72.6 cm³/mol. The van der Waals surface area contributed by atoms with Crippen LogP contribution in [0.25, 0.3) is 0 Å². The average Bonchev–Trinajstić information content (AvgIpc) is 3.05. The molecule has 2 rings (SSSR count). The molecule has 19 heavy (non-hydrogen) atoms. The summed E-state index contributed by atoms with van der Waals surface area (Å²) in [6, 6.07) is 1.50. The summed E-state index contributed by atoms with van der Waals surface area (Å²) in [4.78, 5) is 11.8. The van der Waals surface area contributed by atoms with Gasteiger partial charge in [0, 0.05) is 25.4 Å². The number of amides is 1. The molecule has 0 bridgehead atoms. The zero-order valence-corrected chi connectivity index (χ0v) is 11.4. The summed E-state index contributed by atoms with van der Waals surface area (Å²) < 4.78 is 1.63. The molecule has 2 heterocycles. The second kappa shape index (κ2) is 6.28. The summed E-state index contributed by atoms with van der Waals surface area (Å²) in [5.41, 5.74) is 5.49. The van der Waals surface area contributed by atoms with Gasteiger partial charge in [-0.15, -0.1) is 10.2 Å². The first-order valence-electron chi connectivity index (χ1n) is 6.01. The Labute approximate surface area is 114 Å². The van der Waals surface area contributed by atoms with E-state index in [9.17, 15) is 4.79 Å². The van der Waals surface area contributed by atoms with Crippen molar-refractivity contribution in [3.63, 3.8) is 0 Å². The number of rotatable bonds is 6. The number of aryl methyl sites for hydroxylation is 1. The molecule has 0 aliphatic rings. The maximum Gasteiger partial charge on any atom is 0.244 e. The Morgan fingerprint density at radius 3 is 3.05 bits per heavy atom. The van der Waals surface area contributed by atoms with Gasteiger partial charge in [-0.3, -0.25) is 9.48 Å². The van der Waals surface area contributed by atoms with Gasteiger partial charge in [0.2, 0.25) is 11.0 Å². The van der Waals surface area contributed by atoms with E-state index in [0.717, 1.165) is 17.8 Å². The number of nitrogens with one attached hydrogen (secondary N) is 1. The summed E-state index contributed by atoms with van der Waals surface area (Å²) in [7, 11) is 0. The quantitative estimate of drug-likeness (QED) is 0.756. The van der Waals surface area contributed by atoms with E-state index in [1.165, 1.54) is 11.3 Å². The molecule has 1 atom stereocenters. The number of aromatic nitrogens is 4. The lowest BCUT2D eigenvalue weighted by Gasteiger charge is -2.12. The van der Waals surface area contributed by atoms with Crippen molar-refractivity contribution in [2.24, 2.45) is 0 Å². The molecule has 0 aromatic carbocycles. The van der Waals surface area contributed by atoms with Gasteiger partial charge < -0.3 is 11.1 Å². The number of hydrogen-bond donors (Lipinski definition) is 2. The zero-order valence-electron chi connectivity index (χ0n) is 10.6. The third kappa shape index (κ3) is 3.75. The van der Waals surface area contributed by atoms with Crippen molar-refractivity contribution in [3.05, 3.63) is 23.5 Å². The molecule has 0 aliphatic carbocycles. The summed E-state index contributed by atoms with van der Waals surface area (Å²) in [5, 5.41) is 16.0. The molecule has 0 radical (unpaired) electrons. The van der Waals surface area contributed by atoms with Gasteiger partial charge in [-0.25, -0.2) is 0 Å². The highest BCUT2D eigenvalue weighted by Gasteiger charge is 2.13. The van der Waals surface area contributed by atoms with Crippen molar-refractivity contribution in [2.75, 3.05) is 12.3 Å². The van der Waals surface area contributed by atoms with E-state index in [1.807, 2.05) is 6.92 Å². The van der Waals surface area contributed by atoms with Crippen LogP contribution < -0.4 is 11.1 Å². The number of nitrogens with zero attached hydrogens (tertiary/aromatic N) is 4. The minimum Gasteiger partial charge on any atom is -0.374 e. The normalized spacial score (nSPS) is 12.3. The van der Waals surface area contributed by atoms with Gasteiger partial charge in [0.15, 0.2) is 0 Å². The van der Waals surface area contributed by atoms with Crippen LogP contribution in [0.3, 0.4) is 0 Å². The Kier molecular flexibility index (Phi) is 4.45. The monoisotopic (exact) mass is 280 g/mol. The van der Waals surface area contributed by atoms with Crippen LogP contribution in [0.2, 0.25) is 0 Å². The number of anilines is 1. The van der Waals surface area contributed by atoms with Gasteiger partial charge in [0.05, 0.1) is 0 Å².